The lowest BCUT2D eigenvalue weighted by molar-refractivity contribution is -0.340. The minimum atomic E-state index is -1.73. The highest BCUT2D eigenvalue weighted by atomic mass is 16.7. The molecule has 0 radical (unpaired) electrons. The first-order chi connectivity index (χ1) is 15.2. The molecule has 8 N–H and O–H groups in total. The van der Waals surface area contributed by atoms with Crippen LogP contribution in [-0.2, 0) is 14.2 Å². The SMILES string of the molecule is CC(=O)c1ccc(N[C@H]2O[C@H](CO)[C@@H](O[C@H]3O[C@@H](CO)[C@H](O)[C@@H](O)[C@@H]3O)[C@H](O)[C@@H]2O)cc1. The van der Waals surface area contributed by atoms with Crippen molar-refractivity contribution < 1.29 is 54.8 Å². The summed E-state index contributed by atoms with van der Waals surface area (Å²) in [6.45, 7) is 0.122. The molecule has 2 heterocycles. The lowest BCUT2D eigenvalue weighted by Gasteiger charge is -2.46. The zero-order valence-electron chi connectivity index (χ0n) is 17.3. The molecule has 0 unspecified atom stereocenters. The fourth-order valence-electron chi connectivity index (χ4n) is 3.67. The number of ketones is 1. The average molecular weight is 459 g/mol. The van der Waals surface area contributed by atoms with E-state index in [0.29, 0.717) is 11.3 Å². The van der Waals surface area contributed by atoms with Crippen molar-refractivity contribution in [1.82, 2.24) is 0 Å². The first-order valence-electron chi connectivity index (χ1n) is 10.1. The second-order valence-electron chi connectivity index (χ2n) is 7.83. The molecule has 1 aromatic rings. The molecular weight excluding hydrogens is 430 g/mol. The Labute approximate surface area is 183 Å². The van der Waals surface area contributed by atoms with Gasteiger partial charge in [0.15, 0.2) is 18.3 Å². The first kappa shape index (κ1) is 24.9. The Bertz CT molecular complexity index is 758. The van der Waals surface area contributed by atoms with Crippen molar-refractivity contribution in [2.24, 2.45) is 0 Å². The van der Waals surface area contributed by atoms with E-state index in [2.05, 4.69) is 5.32 Å². The summed E-state index contributed by atoms with van der Waals surface area (Å²) in [4.78, 5) is 11.4. The Morgan fingerprint density at radius 3 is 2.06 bits per heavy atom. The maximum atomic E-state index is 11.4. The van der Waals surface area contributed by atoms with Gasteiger partial charge in [-0.3, -0.25) is 4.79 Å². The molecular formula is C20H29NO11. The summed E-state index contributed by atoms with van der Waals surface area (Å²) in [5, 5.41) is 72.9. The lowest BCUT2D eigenvalue weighted by atomic mass is 9.96. The Morgan fingerprint density at radius 1 is 0.875 bits per heavy atom. The van der Waals surface area contributed by atoms with Crippen LogP contribution in [0.3, 0.4) is 0 Å². The van der Waals surface area contributed by atoms with Crippen LogP contribution in [0, 0.1) is 0 Å². The van der Waals surface area contributed by atoms with E-state index in [1.807, 2.05) is 0 Å². The number of aliphatic hydroxyl groups is 7. The summed E-state index contributed by atoms with van der Waals surface area (Å²) in [7, 11) is 0. The van der Waals surface area contributed by atoms with E-state index >= 15 is 0 Å². The van der Waals surface area contributed by atoms with Gasteiger partial charge >= 0.3 is 0 Å². The molecule has 0 bridgehead atoms. The smallest absolute Gasteiger partial charge is 0.187 e. The van der Waals surface area contributed by atoms with E-state index in [1.165, 1.54) is 6.92 Å². The lowest BCUT2D eigenvalue weighted by Crippen LogP contribution is -2.65. The van der Waals surface area contributed by atoms with E-state index in [1.54, 1.807) is 24.3 Å². The van der Waals surface area contributed by atoms with Gasteiger partial charge in [-0.2, -0.15) is 0 Å². The molecule has 10 atom stereocenters. The van der Waals surface area contributed by atoms with Gasteiger partial charge in [0.2, 0.25) is 0 Å². The summed E-state index contributed by atoms with van der Waals surface area (Å²) in [5.74, 6) is -0.116. The third-order valence-electron chi connectivity index (χ3n) is 5.60. The summed E-state index contributed by atoms with van der Waals surface area (Å²) in [6, 6.07) is 6.32. The number of nitrogens with one attached hydrogen (secondary N) is 1. The number of ether oxygens (including phenoxy) is 3. The molecule has 2 saturated heterocycles. The minimum absolute atomic E-state index is 0.116. The first-order valence-corrected chi connectivity index (χ1v) is 10.1. The van der Waals surface area contributed by atoms with E-state index in [4.69, 9.17) is 14.2 Å². The fraction of sp³-hybridized carbons (Fsp3) is 0.650. The fourth-order valence-corrected chi connectivity index (χ4v) is 3.67. The Kier molecular flexibility index (Phi) is 8.16. The summed E-state index contributed by atoms with van der Waals surface area (Å²) in [6.07, 6.45) is -14.7. The van der Waals surface area contributed by atoms with Gasteiger partial charge in [0.25, 0.3) is 0 Å². The normalized spacial score (nSPS) is 40.1. The van der Waals surface area contributed by atoms with Crippen molar-refractivity contribution in [3.05, 3.63) is 29.8 Å². The largest absolute Gasteiger partial charge is 0.394 e. The third-order valence-corrected chi connectivity index (χ3v) is 5.60. The molecule has 12 nitrogen and oxygen atoms in total. The number of carbonyl (C=O) groups is 1. The number of carbonyl (C=O) groups excluding carboxylic acids is 1. The number of rotatable bonds is 7. The second-order valence-corrected chi connectivity index (χ2v) is 7.83. The molecule has 0 saturated carbocycles. The van der Waals surface area contributed by atoms with Crippen LogP contribution < -0.4 is 5.32 Å². The Morgan fingerprint density at radius 2 is 1.50 bits per heavy atom. The molecule has 3 rings (SSSR count). The molecule has 2 fully saturated rings. The molecule has 0 spiro atoms. The van der Waals surface area contributed by atoms with Gasteiger partial charge in [0.05, 0.1) is 13.2 Å². The predicted octanol–water partition coefficient (Wildman–Crippen LogP) is -3.07. The number of benzene rings is 1. The number of aliphatic hydroxyl groups excluding tert-OH is 7. The van der Waals surface area contributed by atoms with Crippen LogP contribution in [0.1, 0.15) is 17.3 Å². The van der Waals surface area contributed by atoms with Gasteiger partial charge in [-0.25, -0.2) is 0 Å². The number of hydrogen-bond acceptors (Lipinski definition) is 12. The van der Waals surface area contributed by atoms with Gasteiger partial charge in [0, 0.05) is 11.3 Å². The molecule has 2 aliphatic rings. The number of hydrogen-bond donors (Lipinski definition) is 8. The van der Waals surface area contributed by atoms with Crippen molar-refractivity contribution >= 4 is 11.5 Å². The van der Waals surface area contributed by atoms with Crippen molar-refractivity contribution in [2.75, 3.05) is 18.5 Å². The maximum Gasteiger partial charge on any atom is 0.187 e. The van der Waals surface area contributed by atoms with Gasteiger partial charge in [-0.15, -0.1) is 0 Å². The monoisotopic (exact) mass is 459 g/mol. The Balaban J connectivity index is 1.70. The number of Topliss-reactive ketones (excluding diaryl/α,β-unsaturated/α-hetero) is 1. The highest BCUT2D eigenvalue weighted by molar-refractivity contribution is 5.94. The summed E-state index contributed by atoms with van der Waals surface area (Å²) < 4.78 is 16.4. The summed E-state index contributed by atoms with van der Waals surface area (Å²) in [5.41, 5.74) is 0.971. The van der Waals surface area contributed by atoms with Crippen molar-refractivity contribution in [2.45, 2.75) is 68.3 Å². The van der Waals surface area contributed by atoms with E-state index in [-0.39, 0.29) is 5.78 Å². The third kappa shape index (κ3) is 5.10. The van der Waals surface area contributed by atoms with Crippen molar-refractivity contribution in [1.29, 1.82) is 0 Å². The van der Waals surface area contributed by atoms with Crippen LogP contribution in [0.25, 0.3) is 0 Å². The molecule has 0 aromatic heterocycles. The quantitative estimate of drug-likeness (QED) is 0.192. The van der Waals surface area contributed by atoms with Crippen LogP contribution in [0.15, 0.2) is 24.3 Å². The van der Waals surface area contributed by atoms with Crippen LogP contribution in [0.5, 0.6) is 0 Å². The van der Waals surface area contributed by atoms with E-state index in [0.717, 1.165) is 0 Å². The Hall–Kier alpha value is -1.71. The zero-order chi connectivity index (χ0) is 23.6. The van der Waals surface area contributed by atoms with Gasteiger partial charge in [-0.05, 0) is 31.2 Å². The second kappa shape index (κ2) is 10.5. The maximum absolute atomic E-state index is 11.4. The van der Waals surface area contributed by atoms with Gasteiger partial charge in [-0.1, -0.05) is 0 Å². The molecule has 0 amide bonds. The topological polar surface area (TPSA) is 198 Å². The summed E-state index contributed by atoms with van der Waals surface area (Å²) >= 11 is 0. The molecule has 32 heavy (non-hydrogen) atoms. The van der Waals surface area contributed by atoms with Crippen molar-refractivity contribution in [3.63, 3.8) is 0 Å². The standard InChI is InChI=1S/C20H29NO11/c1-8(24)9-2-4-10(5-3-9)21-19-16(28)15(27)18(12(7-23)30-19)32-20-17(29)14(26)13(25)11(6-22)31-20/h2-5,11-23,25-29H,6-7H2,1H3/t11-,12+,13-,14+,15+,16-,17-,18+,19-,20+/m0/s1. The van der Waals surface area contributed by atoms with Gasteiger partial charge in [0.1, 0.15) is 48.8 Å². The molecule has 180 valence electrons. The number of anilines is 1. The molecule has 0 aliphatic carbocycles. The molecule has 2 aliphatic heterocycles. The molecule has 12 heteroatoms. The van der Waals surface area contributed by atoms with Gasteiger partial charge < -0.3 is 55.3 Å². The average Bonchev–Trinajstić information content (AvgIpc) is 2.79. The van der Waals surface area contributed by atoms with E-state index < -0.39 is 74.6 Å². The minimum Gasteiger partial charge on any atom is -0.394 e. The zero-order valence-corrected chi connectivity index (χ0v) is 17.3. The van der Waals surface area contributed by atoms with Crippen LogP contribution in [0.2, 0.25) is 0 Å². The highest BCUT2D eigenvalue weighted by Gasteiger charge is 2.50. The van der Waals surface area contributed by atoms with Crippen molar-refractivity contribution in [3.8, 4) is 0 Å². The van der Waals surface area contributed by atoms with Crippen LogP contribution in [0.4, 0.5) is 5.69 Å². The van der Waals surface area contributed by atoms with E-state index in [9.17, 15) is 40.5 Å². The molecule has 1 aromatic carbocycles. The van der Waals surface area contributed by atoms with Crippen LogP contribution >= 0.6 is 0 Å². The highest BCUT2D eigenvalue weighted by Crippen LogP contribution is 2.29. The predicted molar refractivity (Wildman–Crippen MR) is 106 cm³/mol. The van der Waals surface area contributed by atoms with Crippen LogP contribution in [-0.4, -0.2) is 116 Å².